The van der Waals surface area contributed by atoms with Gasteiger partial charge in [-0.3, -0.25) is 0 Å². The van der Waals surface area contributed by atoms with Gasteiger partial charge in [0.25, 0.3) is 0 Å². The van der Waals surface area contributed by atoms with Crippen LogP contribution in [0.15, 0.2) is 22.8 Å². The van der Waals surface area contributed by atoms with Crippen LogP contribution in [0.1, 0.15) is 11.1 Å². The number of nitrogens with zero attached hydrogens (tertiary/aromatic N) is 1. The number of ether oxygens (including phenoxy) is 1. The van der Waals surface area contributed by atoms with E-state index in [2.05, 4.69) is 0 Å². The van der Waals surface area contributed by atoms with E-state index in [9.17, 15) is 0 Å². The van der Waals surface area contributed by atoms with Crippen molar-refractivity contribution in [3.63, 3.8) is 0 Å². The van der Waals surface area contributed by atoms with Crippen LogP contribution in [-0.4, -0.2) is 7.11 Å². The zero-order valence-corrected chi connectivity index (χ0v) is 10.7. The molecule has 0 aliphatic carbocycles. The van der Waals surface area contributed by atoms with Crippen molar-refractivity contribution in [1.29, 1.82) is 5.26 Å². The number of hydrogen-bond acceptors (Lipinski definition) is 4. The van der Waals surface area contributed by atoms with Crippen molar-refractivity contribution >= 4 is 17.5 Å². The Morgan fingerprint density at radius 2 is 2.11 bits per heavy atom. The molecule has 0 saturated carbocycles. The molecule has 0 saturated heterocycles. The van der Waals surface area contributed by atoms with Crippen molar-refractivity contribution in [2.24, 2.45) is 0 Å². The first-order valence-electron chi connectivity index (χ1n) is 5.20. The lowest BCUT2D eigenvalue weighted by atomic mass is 9.99. The minimum Gasteiger partial charge on any atom is -0.495 e. The van der Waals surface area contributed by atoms with Crippen LogP contribution >= 0.6 is 11.6 Å². The molecule has 2 aromatic rings. The highest BCUT2D eigenvalue weighted by Crippen LogP contribution is 2.36. The van der Waals surface area contributed by atoms with Crippen molar-refractivity contribution in [2.45, 2.75) is 6.92 Å². The number of nitrogens with two attached hydrogens (primary N) is 1. The van der Waals surface area contributed by atoms with E-state index in [-0.39, 0.29) is 5.88 Å². The average Bonchev–Trinajstić information content (AvgIpc) is 2.72. The van der Waals surface area contributed by atoms with Crippen molar-refractivity contribution in [1.82, 2.24) is 0 Å². The summed E-state index contributed by atoms with van der Waals surface area (Å²) in [6.07, 6.45) is 1.46. The molecule has 0 atom stereocenters. The molecule has 2 N–H and O–H groups in total. The zero-order valence-electron chi connectivity index (χ0n) is 9.95. The fraction of sp³-hybridized carbons (Fsp3) is 0.154. The van der Waals surface area contributed by atoms with E-state index >= 15 is 0 Å². The number of nitrogen functional groups attached to an aromatic ring is 1. The number of furan rings is 1. The molecule has 1 aromatic heterocycles. The molecule has 0 amide bonds. The zero-order chi connectivity index (χ0) is 13.3. The predicted molar refractivity (Wildman–Crippen MR) is 69.6 cm³/mol. The molecule has 4 nitrogen and oxygen atoms in total. The van der Waals surface area contributed by atoms with Crippen LogP contribution < -0.4 is 10.5 Å². The lowest BCUT2D eigenvalue weighted by Gasteiger charge is -2.09. The van der Waals surface area contributed by atoms with Gasteiger partial charge in [0.15, 0.2) is 0 Å². The molecule has 0 aliphatic heterocycles. The number of hydrogen-bond donors (Lipinski definition) is 1. The van der Waals surface area contributed by atoms with Crippen molar-refractivity contribution in [3.8, 4) is 22.9 Å². The minimum absolute atomic E-state index is 0.110. The molecule has 0 radical (unpaired) electrons. The fourth-order valence-corrected chi connectivity index (χ4v) is 2.03. The summed E-state index contributed by atoms with van der Waals surface area (Å²) < 4.78 is 10.2. The molecule has 5 heteroatoms. The Bertz CT molecular complexity index is 641. The van der Waals surface area contributed by atoms with Crippen LogP contribution in [0.5, 0.6) is 5.75 Å². The van der Waals surface area contributed by atoms with E-state index in [1.807, 2.05) is 19.1 Å². The van der Waals surface area contributed by atoms with Gasteiger partial charge in [-0.1, -0.05) is 11.6 Å². The molecule has 92 valence electrons. The van der Waals surface area contributed by atoms with E-state index in [0.717, 1.165) is 11.1 Å². The molecule has 0 spiro atoms. The smallest absolute Gasteiger partial charge is 0.208 e. The monoisotopic (exact) mass is 262 g/mol. The first-order valence-corrected chi connectivity index (χ1v) is 5.57. The van der Waals surface area contributed by atoms with Gasteiger partial charge >= 0.3 is 0 Å². The Hall–Kier alpha value is -2.12. The van der Waals surface area contributed by atoms with Crippen LogP contribution in [0, 0.1) is 18.3 Å². The van der Waals surface area contributed by atoms with E-state index in [0.29, 0.717) is 21.9 Å². The second kappa shape index (κ2) is 4.63. The van der Waals surface area contributed by atoms with E-state index in [1.165, 1.54) is 6.26 Å². The molecule has 0 unspecified atom stereocenters. The molecule has 2 rings (SSSR count). The molecule has 18 heavy (non-hydrogen) atoms. The van der Waals surface area contributed by atoms with Gasteiger partial charge in [0, 0.05) is 5.56 Å². The van der Waals surface area contributed by atoms with Gasteiger partial charge in [-0.2, -0.15) is 5.26 Å². The van der Waals surface area contributed by atoms with E-state index in [4.69, 9.17) is 31.8 Å². The third kappa shape index (κ3) is 1.89. The molecule has 0 aliphatic rings. The SMILES string of the molecule is COc1cc(C)c(-c2coc(N)c2C#N)cc1Cl. The largest absolute Gasteiger partial charge is 0.495 e. The maximum Gasteiger partial charge on any atom is 0.208 e. The Kier molecular flexibility index (Phi) is 3.17. The fourth-order valence-electron chi connectivity index (χ4n) is 1.79. The first kappa shape index (κ1) is 12.3. The maximum absolute atomic E-state index is 9.06. The highest BCUT2D eigenvalue weighted by atomic mass is 35.5. The van der Waals surface area contributed by atoms with Crippen LogP contribution in [-0.2, 0) is 0 Å². The minimum atomic E-state index is 0.110. The summed E-state index contributed by atoms with van der Waals surface area (Å²) in [5.74, 6) is 0.701. The molecule has 0 fully saturated rings. The summed E-state index contributed by atoms with van der Waals surface area (Å²) in [6.45, 7) is 1.90. The summed E-state index contributed by atoms with van der Waals surface area (Å²) in [6, 6.07) is 5.57. The number of rotatable bonds is 2. The van der Waals surface area contributed by atoms with Gasteiger partial charge in [-0.05, 0) is 30.2 Å². The van der Waals surface area contributed by atoms with Gasteiger partial charge in [0.05, 0.1) is 12.1 Å². The Morgan fingerprint density at radius 1 is 1.39 bits per heavy atom. The molecule has 1 heterocycles. The number of aryl methyl sites for hydroxylation is 1. The van der Waals surface area contributed by atoms with Crippen LogP contribution in [0.25, 0.3) is 11.1 Å². The average molecular weight is 263 g/mol. The van der Waals surface area contributed by atoms with Crippen molar-refractivity contribution < 1.29 is 9.15 Å². The van der Waals surface area contributed by atoms with E-state index in [1.54, 1.807) is 13.2 Å². The maximum atomic E-state index is 9.06. The van der Waals surface area contributed by atoms with Crippen molar-refractivity contribution in [2.75, 3.05) is 12.8 Å². The quantitative estimate of drug-likeness (QED) is 0.901. The molecular formula is C13H11ClN2O2. The summed E-state index contributed by atoms with van der Waals surface area (Å²) in [5, 5.41) is 9.54. The normalized spacial score (nSPS) is 10.1. The van der Waals surface area contributed by atoms with Gasteiger partial charge < -0.3 is 14.9 Å². The second-order valence-electron chi connectivity index (χ2n) is 3.80. The summed E-state index contributed by atoms with van der Waals surface area (Å²) in [4.78, 5) is 0. The topological polar surface area (TPSA) is 72.2 Å². The van der Waals surface area contributed by atoms with E-state index < -0.39 is 0 Å². The third-order valence-corrected chi connectivity index (χ3v) is 3.02. The number of benzene rings is 1. The summed E-state index contributed by atoms with van der Waals surface area (Å²) in [7, 11) is 1.55. The summed E-state index contributed by atoms with van der Waals surface area (Å²) in [5.41, 5.74) is 8.27. The van der Waals surface area contributed by atoms with Crippen molar-refractivity contribution in [3.05, 3.63) is 34.5 Å². The van der Waals surface area contributed by atoms with Gasteiger partial charge in [-0.15, -0.1) is 0 Å². The van der Waals surface area contributed by atoms with Crippen LogP contribution in [0.3, 0.4) is 0 Å². The molecular weight excluding hydrogens is 252 g/mol. The lowest BCUT2D eigenvalue weighted by molar-refractivity contribution is 0.415. The number of anilines is 1. The van der Waals surface area contributed by atoms with Crippen LogP contribution in [0.4, 0.5) is 5.88 Å². The predicted octanol–water partition coefficient (Wildman–Crippen LogP) is 3.37. The Morgan fingerprint density at radius 3 is 2.72 bits per heavy atom. The van der Waals surface area contributed by atoms with Gasteiger partial charge in [0.1, 0.15) is 23.6 Å². The lowest BCUT2D eigenvalue weighted by Crippen LogP contribution is -1.91. The second-order valence-corrected chi connectivity index (χ2v) is 4.21. The summed E-state index contributed by atoms with van der Waals surface area (Å²) >= 11 is 6.08. The number of nitriles is 1. The highest BCUT2D eigenvalue weighted by molar-refractivity contribution is 6.32. The Labute approximate surface area is 110 Å². The Balaban J connectivity index is 2.65. The van der Waals surface area contributed by atoms with Gasteiger partial charge in [-0.25, -0.2) is 0 Å². The molecule has 1 aromatic carbocycles. The van der Waals surface area contributed by atoms with Gasteiger partial charge in [0.2, 0.25) is 5.88 Å². The highest BCUT2D eigenvalue weighted by Gasteiger charge is 2.16. The molecule has 0 bridgehead atoms. The van der Waals surface area contributed by atoms with Crippen LogP contribution in [0.2, 0.25) is 5.02 Å². The standard InChI is InChI=1S/C13H11ClN2O2/c1-7-3-12(17-2)11(14)4-8(7)10-6-18-13(16)9(10)5-15/h3-4,6H,16H2,1-2H3. The third-order valence-electron chi connectivity index (χ3n) is 2.72. The number of methoxy groups -OCH3 is 1. The number of halogens is 1. The first-order chi connectivity index (χ1) is 8.58.